The maximum absolute atomic E-state index is 13.8. The van der Waals surface area contributed by atoms with Crippen molar-refractivity contribution in [3.63, 3.8) is 0 Å². The molecule has 196 valence electrons. The lowest BCUT2D eigenvalue weighted by atomic mass is 9.90. The summed E-state index contributed by atoms with van der Waals surface area (Å²) in [6.07, 6.45) is 0.679. The summed E-state index contributed by atoms with van der Waals surface area (Å²) in [4.78, 5) is 25.1. The summed E-state index contributed by atoms with van der Waals surface area (Å²) in [6, 6.07) is 9.87. The lowest BCUT2D eigenvalue weighted by Gasteiger charge is -2.23. The Bertz CT molecular complexity index is 1270. The second-order valence-corrected chi connectivity index (χ2v) is 9.39. The van der Waals surface area contributed by atoms with Crippen molar-refractivity contribution in [1.82, 2.24) is 5.32 Å². The molecule has 3 aromatic rings. The molecule has 5 nitrogen and oxygen atoms in total. The number of carbonyl (C=O) groups excluding carboxylic acids is 1. The van der Waals surface area contributed by atoms with Crippen molar-refractivity contribution in [2.45, 2.75) is 50.7 Å². The molecule has 4 rings (SSSR count). The first-order valence-electron chi connectivity index (χ1n) is 12.2. The van der Waals surface area contributed by atoms with E-state index in [4.69, 9.17) is 4.74 Å². The molecule has 0 heterocycles. The van der Waals surface area contributed by atoms with Crippen molar-refractivity contribution >= 4 is 22.6 Å². The van der Waals surface area contributed by atoms with E-state index >= 15 is 0 Å². The van der Waals surface area contributed by atoms with Gasteiger partial charge in [0.05, 0.1) is 17.7 Å². The molecule has 2 N–H and O–H groups in total. The predicted octanol–water partition coefficient (Wildman–Crippen LogP) is 6.38. The number of carboxylic acids is 1. The van der Waals surface area contributed by atoms with E-state index in [1.54, 1.807) is 6.07 Å². The Hall–Kier alpha value is -3.62. The van der Waals surface area contributed by atoms with Gasteiger partial charge >= 0.3 is 12.1 Å². The van der Waals surface area contributed by atoms with E-state index in [0.29, 0.717) is 28.9 Å². The summed E-state index contributed by atoms with van der Waals surface area (Å²) in [5, 5.41) is 13.2. The summed E-state index contributed by atoms with van der Waals surface area (Å²) < 4.78 is 58.5. The normalized spacial score (nSPS) is 15.4. The average Bonchev–Trinajstić information content (AvgIpc) is 2.86. The molecule has 9 heteroatoms. The van der Waals surface area contributed by atoms with E-state index in [0.717, 1.165) is 37.8 Å². The van der Waals surface area contributed by atoms with Gasteiger partial charge in [0.25, 0.3) is 5.91 Å². The molecule has 1 atom stereocenters. The van der Waals surface area contributed by atoms with Gasteiger partial charge in [0.1, 0.15) is 17.6 Å². The number of amides is 1. The number of hydrogen-bond acceptors (Lipinski definition) is 3. The van der Waals surface area contributed by atoms with Crippen molar-refractivity contribution < 1.29 is 37.0 Å². The van der Waals surface area contributed by atoms with Gasteiger partial charge in [0.15, 0.2) is 0 Å². The molecule has 0 radical (unpaired) electrons. The van der Waals surface area contributed by atoms with Gasteiger partial charge in [-0.25, -0.2) is 9.18 Å². The number of ether oxygens (including phenoxy) is 1. The van der Waals surface area contributed by atoms with Gasteiger partial charge in [-0.3, -0.25) is 4.79 Å². The third-order valence-electron chi connectivity index (χ3n) is 6.69. The van der Waals surface area contributed by atoms with Gasteiger partial charge in [0.2, 0.25) is 0 Å². The molecule has 1 amide bonds. The molecule has 0 aliphatic heterocycles. The van der Waals surface area contributed by atoms with E-state index in [2.05, 4.69) is 5.32 Å². The highest BCUT2D eigenvalue weighted by atomic mass is 19.4. The Morgan fingerprint density at radius 1 is 1.00 bits per heavy atom. The summed E-state index contributed by atoms with van der Waals surface area (Å²) in [5.41, 5.74) is -0.420. The third kappa shape index (κ3) is 6.58. The molecule has 3 aromatic carbocycles. The number of nitrogens with one attached hydrogen (secondary N) is 1. The van der Waals surface area contributed by atoms with Gasteiger partial charge in [-0.15, -0.1) is 0 Å². The predicted molar refractivity (Wildman–Crippen MR) is 130 cm³/mol. The van der Waals surface area contributed by atoms with Crippen molar-refractivity contribution in [2.24, 2.45) is 5.92 Å². The summed E-state index contributed by atoms with van der Waals surface area (Å²) in [6.45, 7) is 0.380. The fraction of sp³-hybridized carbons (Fsp3) is 0.357. The molecule has 1 fully saturated rings. The molecular weight excluding hydrogens is 490 g/mol. The maximum Gasteiger partial charge on any atom is 0.416 e. The van der Waals surface area contributed by atoms with Gasteiger partial charge in [-0.2, -0.15) is 13.2 Å². The quantitative estimate of drug-likeness (QED) is 0.340. The standard InChI is InChI=1S/C28H27F4NO4/c29-21-11-13-22-19(15-21)8-12-23(25(22)37-16-18-4-2-1-3-5-18)26(34)33-24(27(35)36)14-17-6-9-20(10-7-17)28(30,31)32/h6-13,15,18,24H,1-5,14,16H2,(H,33,34)(H,35,36)/t24-/m0/s1. The Kier molecular flexibility index (Phi) is 8.00. The van der Waals surface area contributed by atoms with Crippen LogP contribution >= 0.6 is 0 Å². The Balaban J connectivity index is 1.57. The molecule has 1 aliphatic carbocycles. The van der Waals surface area contributed by atoms with Crippen molar-refractivity contribution in [3.05, 3.63) is 77.1 Å². The van der Waals surface area contributed by atoms with E-state index in [9.17, 15) is 32.3 Å². The fourth-order valence-corrected chi connectivity index (χ4v) is 4.66. The van der Waals surface area contributed by atoms with Crippen molar-refractivity contribution in [3.8, 4) is 5.75 Å². The maximum atomic E-state index is 13.8. The van der Waals surface area contributed by atoms with Crippen molar-refractivity contribution in [1.29, 1.82) is 0 Å². The van der Waals surface area contributed by atoms with Crippen molar-refractivity contribution in [2.75, 3.05) is 6.61 Å². The summed E-state index contributed by atoms with van der Waals surface area (Å²) in [5.74, 6) is -1.90. The van der Waals surface area contributed by atoms with Crippen LogP contribution in [0, 0.1) is 11.7 Å². The third-order valence-corrected chi connectivity index (χ3v) is 6.69. The van der Waals surface area contributed by atoms with E-state index in [-0.39, 0.29) is 17.7 Å². The first kappa shape index (κ1) is 26.4. The molecule has 0 bridgehead atoms. The second kappa shape index (κ2) is 11.2. The first-order valence-corrected chi connectivity index (χ1v) is 12.2. The SMILES string of the molecule is O=C(N[C@@H](Cc1ccc(C(F)(F)F)cc1)C(=O)O)c1ccc2cc(F)ccc2c1OCC1CCCCC1. The number of halogens is 4. The lowest BCUT2D eigenvalue weighted by Crippen LogP contribution is -2.42. The number of carbonyl (C=O) groups is 2. The average molecular weight is 518 g/mol. The molecule has 1 saturated carbocycles. The minimum absolute atomic E-state index is 0.105. The Labute approximate surface area is 211 Å². The molecule has 1 aliphatic rings. The number of aliphatic carboxylic acids is 1. The number of fused-ring (bicyclic) bond motifs is 1. The van der Waals surface area contributed by atoms with Crippen LogP contribution in [0.5, 0.6) is 5.75 Å². The van der Waals surface area contributed by atoms with Crippen LogP contribution in [0.25, 0.3) is 10.8 Å². The minimum Gasteiger partial charge on any atom is -0.492 e. The Morgan fingerprint density at radius 2 is 1.70 bits per heavy atom. The summed E-state index contributed by atoms with van der Waals surface area (Å²) in [7, 11) is 0. The monoisotopic (exact) mass is 517 g/mol. The van der Waals surface area contributed by atoms with Gasteiger partial charge in [0, 0.05) is 11.8 Å². The first-order chi connectivity index (χ1) is 17.6. The van der Waals surface area contributed by atoms with E-state index in [1.165, 1.54) is 42.8 Å². The highest BCUT2D eigenvalue weighted by Crippen LogP contribution is 2.33. The van der Waals surface area contributed by atoms with E-state index < -0.39 is 35.5 Å². The topological polar surface area (TPSA) is 75.6 Å². The van der Waals surface area contributed by atoms with Gasteiger partial charge < -0.3 is 15.2 Å². The van der Waals surface area contributed by atoms with E-state index in [1.807, 2.05) is 0 Å². The number of hydrogen-bond donors (Lipinski definition) is 2. The largest absolute Gasteiger partial charge is 0.492 e. The second-order valence-electron chi connectivity index (χ2n) is 9.39. The number of carboxylic acid groups (broad SMARTS) is 1. The lowest BCUT2D eigenvalue weighted by molar-refractivity contribution is -0.139. The number of benzene rings is 3. The smallest absolute Gasteiger partial charge is 0.416 e. The molecule has 37 heavy (non-hydrogen) atoms. The zero-order valence-corrected chi connectivity index (χ0v) is 20.0. The summed E-state index contributed by atoms with van der Waals surface area (Å²) >= 11 is 0. The number of alkyl halides is 3. The highest BCUT2D eigenvalue weighted by molar-refractivity contribution is 6.04. The zero-order valence-electron chi connectivity index (χ0n) is 20.0. The highest BCUT2D eigenvalue weighted by Gasteiger charge is 2.30. The van der Waals surface area contributed by atoms with Gasteiger partial charge in [-0.1, -0.05) is 37.5 Å². The molecule has 0 saturated heterocycles. The molecule has 0 spiro atoms. The van der Waals surface area contributed by atoms with Crippen LogP contribution in [-0.4, -0.2) is 29.6 Å². The fourth-order valence-electron chi connectivity index (χ4n) is 4.66. The number of rotatable bonds is 8. The minimum atomic E-state index is -4.51. The van der Waals surface area contributed by atoms with Crippen LogP contribution in [0.2, 0.25) is 0 Å². The van der Waals surface area contributed by atoms with Crippen LogP contribution < -0.4 is 10.1 Å². The van der Waals surface area contributed by atoms with Crippen LogP contribution in [0.15, 0.2) is 54.6 Å². The zero-order chi connectivity index (χ0) is 26.6. The van der Waals surface area contributed by atoms with Crippen LogP contribution in [0.1, 0.15) is 53.6 Å². The van der Waals surface area contributed by atoms with Crippen LogP contribution in [-0.2, 0) is 17.4 Å². The van der Waals surface area contributed by atoms with Crippen LogP contribution in [0.3, 0.4) is 0 Å². The van der Waals surface area contributed by atoms with Gasteiger partial charge in [-0.05, 0) is 66.1 Å². The Morgan fingerprint density at radius 3 is 2.35 bits per heavy atom. The van der Waals surface area contributed by atoms with Crippen LogP contribution in [0.4, 0.5) is 17.6 Å². The molecule has 0 aromatic heterocycles. The molecular formula is C28H27F4NO4. The molecule has 0 unspecified atom stereocenters.